The van der Waals surface area contributed by atoms with Crippen molar-refractivity contribution in [2.75, 3.05) is 0 Å². The van der Waals surface area contributed by atoms with Crippen molar-refractivity contribution in [3.63, 3.8) is 0 Å². The Bertz CT molecular complexity index is 190. The number of carboxylic acids is 1. The summed E-state index contributed by atoms with van der Waals surface area (Å²) in [5.74, 6) is -1.05. The second-order valence-electron chi connectivity index (χ2n) is 2.90. The van der Waals surface area contributed by atoms with Crippen molar-refractivity contribution in [1.29, 1.82) is 0 Å². The van der Waals surface area contributed by atoms with Crippen LogP contribution >= 0.6 is 0 Å². The zero-order chi connectivity index (χ0) is 8.43. The first-order valence-electron chi connectivity index (χ1n) is 3.63. The van der Waals surface area contributed by atoms with Crippen molar-refractivity contribution in [2.45, 2.75) is 25.8 Å². The molecule has 4 heteroatoms. The van der Waals surface area contributed by atoms with Crippen LogP contribution in [0.4, 0.5) is 0 Å². The van der Waals surface area contributed by atoms with Gasteiger partial charge in [0.15, 0.2) is 0 Å². The van der Waals surface area contributed by atoms with Crippen LogP contribution in [0.1, 0.15) is 19.8 Å². The lowest BCUT2D eigenvalue weighted by atomic mass is 9.92. The quantitative estimate of drug-likeness (QED) is 0.562. The molecule has 4 nitrogen and oxygen atoms in total. The van der Waals surface area contributed by atoms with E-state index < -0.39 is 12.0 Å². The van der Waals surface area contributed by atoms with Gasteiger partial charge in [-0.15, -0.1) is 0 Å². The van der Waals surface area contributed by atoms with E-state index in [1.54, 1.807) is 0 Å². The standard InChI is InChI=1S/C7H11NO3/c1-4-2-3-5(9)8-6(4)7(10)11/h4,6H,2-3H2,1H3,(H,8,9)(H,10,11). The summed E-state index contributed by atoms with van der Waals surface area (Å²) in [6.07, 6.45) is 1.12. The van der Waals surface area contributed by atoms with Crippen LogP contribution in [-0.2, 0) is 9.59 Å². The smallest absolute Gasteiger partial charge is 0.326 e. The molecule has 0 radical (unpaired) electrons. The van der Waals surface area contributed by atoms with Gasteiger partial charge in [-0.3, -0.25) is 4.79 Å². The van der Waals surface area contributed by atoms with E-state index in [0.717, 1.165) is 0 Å². The van der Waals surface area contributed by atoms with Gasteiger partial charge in [0.2, 0.25) is 5.91 Å². The first kappa shape index (κ1) is 8.04. The average Bonchev–Trinajstić information content (AvgIpc) is 1.94. The Kier molecular flexibility index (Phi) is 2.12. The Hall–Kier alpha value is -1.06. The first-order chi connectivity index (χ1) is 5.11. The number of nitrogens with one attached hydrogen (secondary N) is 1. The normalized spacial score (nSPS) is 31.2. The molecule has 11 heavy (non-hydrogen) atoms. The van der Waals surface area contributed by atoms with Gasteiger partial charge in [0.25, 0.3) is 0 Å². The minimum absolute atomic E-state index is 0.0465. The van der Waals surface area contributed by atoms with Crippen LogP contribution in [0.15, 0.2) is 0 Å². The largest absolute Gasteiger partial charge is 0.480 e. The zero-order valence-corrected chi connectivity index (χ0v) is 6.33. The molecule has 1 fully saturated rings. The number of rotatable bonds is 1. The second kappa shape index (κ2) is 2.90. The fourth-order valence-corrected chi connectivity index (χ4v) is 1.22. The molecule has 1 amide bonds. The fraction of sp³-hybridized carbons (Fsp3) is 0.714. The molecule has 1 heterocycles. The van der Waals surface area contributed by atoms with Crippen molar-refractivity contribution in [3.8, 4) is 0 Å². The first-order valence-corrected chi connectivity index (χ1v) is 3.63. The highest BCUT2D eigenvalue weighted by Gasteiger charge is 2.30. The SMILES string of the molecule is CC1CCC(=O)NC1C(=O)O. The Morgan fingerprint density at radius 2 is 2.36 bits per heavy atom. The Balaban J connectivity index is 2.61. The molecule has 2 N–H and O–H groups in total. The number of carbonyl (C=O) groups is 2. The summed E-state index contributed by atoms with van der Waals surface area (Å²) in [4.78, 5) is 21.2. The molecular weight excluding hydrogens is 146 g/mol. The van der Waals surface area contributed by atoms with E-state index in [2.05, 4.69) is 5.32 Å². The highest BCUT2D eigenvalue weighted by Crippen LogP contribution is 2.15. The molecule has 1 saturated heterocycles. The fourth-order valence-electron chi connectivity index (χ4n) is 1.22. The van der Waals surface area contributed by atoms with Gasteiger partial charge in [-0.05, 0) is 12.3 Å². The molecule has 0 bridgehead atoms. The number of aliphatic carboxylic acids is 1. The molecular formula is C7H11NO3. The van der Waals surface area contributed by atoms with Gasteiger partial charge < -0.3 is 10.4 Å². The lowest BCUT2D eigenvalue weighted by molar-refractivity contribution is -0.144. The van der Waals surface area contributed by atoms with Crippen LogP contribution in [0.3, 0.4) is 0 Å². The maximum Gasteiger partial charge on any atom is 0.326 e. The van der Waals surface area contributed by atoms with Crippen molar-refractivity contribution < 1.29 is 14.7 Å². The summed E-state index contributed by atoms with van der Waals surface area (Å²) in [6.45, 7) is 1.83. The Morgan fingerprint density at radius 3 is 2.82 bits per heavy atom. The van der Waals surface area contributed by atoms with E-state index in [1.807, 2.05) is 6.92 Å². The number of hydrogen-bond donors (Lipinski definition) is 2. The summed E-state index contributed by atoms with van der Waals surface area (Å²) in [6, 6.07) is -0.684. The number of amides is 1. The molecule has 0 aliphatic carbocycles. The minimum Gasteiger partial charge on any atom is -0.480 e. The van der Waals surface area contributed by atoms with Gasteiger partial charge >= 0.3 is 5.97 Å². The topological polar surface area (TPSA) is 66.4 Å². The molecule has 0 aromatic rings. The molecule has 1 aliphatic rings. The molecule has 0 spiro atoms. The third-order valence-corrected chi connectivity index (χ3v) is 1.98. The molecule has 2 unspecified atom stereocenters. The molecule has 0 saturated carbocycles. The molecule has 0 aromatic heterocycles. The summed E-state index contributed by atoms with van der Waals surface area (Å²) >= 11 is 0. The molecule has 0 aromatic carbocycles. The van der Waals surface area contributed by atoms with Crippen LogP contribution in [0.2, 0.25) is 0 Å². The monoisotopic (exact) mass is 157 g/mol. The maximum atomic E-state index is 10.7. The third kappa shape index (κ3) is 1.69. The van der Waals surface area contributed by atoms with Crippen LogP contribution in [-0.4, -0.2) is 23.0 Å². The number of carboxylic acid groups (broad SMARTS) is 1. The Labute approximate surface area is 64.6 Å². The zero-order valence-electron chi connectivity index (χ0n) is 6.33. The molecule has 1 aliphatic heterocycles. The molecule has 62 valence electrons. The van der Waals surface area contributed by atoms with Gasteiger partial charge in [0.05, 0.1) is 0 Å². The molecule has 1 rings (SSSR count). The van der Waals surface area contributed by atoms with Crippen LogP contribution < -0.4 is 5.32 Å². The van der Waals surface area contributed by atoms with E-state index in [0.29, 0.717) is 12.8 Å². The van der Waals surface area contributed by atoms with Gasteiger partial charge in [-0.25, -0.2) is 4.79 Å². The predicted molar refractivity (Wildman–Crippen MR) is 38.0 cm³/mol. The number of carbonyl (C=O) groups excluding carboxylic acids is 1. The van der Waals surface area contributed by atoms with Crippen LogP contribution in [0.5, 0.6) is 0 Å². The highest BCUT2D eigenvalue weighted by molar-refractivity contribution is 5.85. The van der Waals surface area contributed by atoms with Crippen LogP contribution in [0.25, 0.3) is 0 Å². The minimum atomic E-state index is -0.939. The van der Waals surface area contributed by atoms with Crippen molar-refractivity contribution in [1.82, 2.24) is 5.32 Å². The van der Waals surface area contributed by atoms with Crippen molar-refractivity contribution in [2.24, 2.45) is 5.92 Å². The van der Waals surface area contributed by atoms with E-state index in [9.17, 15) is 9.59 Å². The summed E-state index contributed by atoms with van der Waals surface area (Å²) in [5.41, 5.74) is 0. The Morgan fingerprint density at radius 1 is 1.73 bits per heavy atom. The summed E-state index contributed by atoms with van der Waals surface area (Å²) in [7, 11) is 0. The van der Waals surface area contributed by atoms with E-state index >= 15 is 0 Å². The predicted octanol–water partition coefficient (Wildman–Crippen LogP) is -0.0143. The lowest BCUT2D eigenvalue weighted by Gasteiger charge is -2.25. The van der Waals surface area contributed by atoms with E-state index in [-0.39, 0.29) is 11.8 Å². The third-order valence-electron chi connectivity index (χ3n) is 1.98. The highest BCUT2D eigenvalue weighted by atomic mass is 16.4. The van der Waals surface area contributed by atoms with Crippen molar-refractivity contribution in [3.05, 3.63) is 0 Å². The lowest BCUT2D eigenvalue weighted by Crippen LogP contribution is -2.48. The molecule has 2 atom stereocenters. The van der Waals surface area contributed by atoms with Crippen molar-refractivity contribution >= 4 is 11.9 Å². The maximum absolute atomic E-state index is 10.7. The van der Waals surface area contributed by atoms with Gasteiger partial charge in [0.1, 0.15) is 6.04 Å². The van der Waals surface area contributed by atoms with Crippen LogP contribution in [0, 0.1) is 5.92 Å². The number of piperidine rings is 1. The summed E-state index contributed by atoms with van der Waals surface area (Å²) in [5, 5.41) is 11.0. The number of hydrogen-bond acceptors (Lipinski definition) is 2. The van der Waals surface area contributed by atoms with E-state index in [1.165, 1.54) is 0 Å². The summed E-state index contributed by atoms with van der Waals surface area (Å²) < 4.78 is 0. The van der Waals surface area contributed by atoms with Gasteiger partial charge in [0, 0.05) is 6.42 Å². The average molecular weight is 157 g/mol. The second-order valence-corrected chi connectivity index (χ2v) is 2.90. The van der Waals surface area contributed by atoms with Gasteiger partial charge in [-0.1, -0.05) is 6.92 Å². The van der Waals surface area contributed by atoms with E-state index in [4.69, 9.17) is 5.11 Å². The van der Waals surface area contributed by atoms with Gasteiger partial charge in [-0.2, -0.15) is 0 Å².